The first-order chi connectivity index (χ1) is 32.7. The number of phenols is 3. The molecule has 0 saturated carbocycles. The van der Waals surface area contributed by atoms with Gasteiger partial charge in [0.25, 0.3) is 0 Å². The van der Waals surface area contributed by atoms with E-state index in [2.05, 4.69) is 0 Å². The summed E-state index contributed by atoms with van der Waals surface area (Å²) in [5.41, 5.74) is -0.612. The number of carbonyl (C=O) groups excluding carboxylic acids is 1. The van der Waals surface area contributed by atoms with E-state index in [1.165, 1.54) is 49.6 Å². The highest BCUT2D eigenvalue weighted by Gasteiger charge is 2.58. The molecule has 0 radical (unpaired) electrons. The van der Waals surface area contributed by atoms with Crippen LogP contribution in [0.2, 0.25) is 0 Å². The molecule has 4 heterocycles. The van der Waals surface area contributed by atoms with Gasteiger partial charge in [-0.1, -0.05) is 6.07 Å². The van der Waals surface area contributed by atoms with E-state index >= 15 is 0 Å². The minimum absolute atomic E-state index is 0.00564. The molecule has 4 aromatic rings. The molecule has 3 aliphatic rings. The standard InChI is InChI=1S/C43H42O26/c1-61-22-10-14(2-8-18(22)45)3-9-24(48)64-36-29(52)28(51)34(39(57)58)67-42(36)69-37-32(65-41-30(53)26(49)27(50)33(66-41)38(55)56)31(54)35(40(59)60)68-43(37)62-17-11-19(46)25-20(47)13-21(63-23(25)12-17)15-4-6-16(44)7-5-15/h2-13,26-37,41-46,49-54H,1H3,(H,55,56)(H,57,58)(H,59,60)/t26-,27-,28-,29-,30+,31-,32-,33-,34-,35-,36+,37+,41+,42-,43+/m0/s1. The topological polar surface area (TPSA) is 415 Å². The van der Waals surface area contributed by atoms with Crippen molar-refractivity contribution in [2.24, 2.45) is 0 Å². The molecule has 3 fully saturated rings. The van der Waals surface area contributed by atoms with Gasteiger partial charge in [0.05, 0.1) is 7.11 Å². The van der Waals surface area contributed by atoms with Crippen LogP contribution in [-0.2, 0) is 47.6 Å². The number of benzene rings is 3. The van der Waals surface area contributed by atoms with Gasteiger partial charge >= 0.3 is 23.9 Å². The number of aliphatic hydroxyl groups is 6. The monoisotopic (exact) mass is 974 g/mol. The average molecular weight is 975 g/mol. The molecule has 0 amide bonds. The van der Waals surface area contributed by atoms with Gasteiger partial charge in [0.1, 0.15) is 76.7 Å². The highest BCUT2D eigenvalue weighted by Crippen LogP contribution is 2.38. The molecule has 0 aliphatic carbocycles. The van der Waals surface area contributed by atoms with Crippen LogP contribution >= 0.6 is 0 Å². The number of hydrogen-bond donors (Lipinski definition) is 12. The van der Waals surface area contributed by atoms with E-state index in [0.717, 1.165) is 30.4 Å². The lowest BCUT2D eigenvalue weighted by atomic mass is 9.95. The molecule has 0 bridgehead atoms. The lowest BCUT2D eigenvalue weighted by Gasteiger charge is -2.48. The van der Waals surface area contributed by atoms with Crippen molar-refractivity contribution in [3.63, 3.8) is 0 Å². The Bertz CT molecular complexity index is 2650. The maximum absolute atomic E-state index is 13.3. The maximum Gasteiger partial charge on any atom is 0.335 e. The van der Waals surface area contributed by atoms with Crippen LogP contribution in [0.4, 0.5) is 0 Å². The molecule has 0 unspecified atom stereocenters. The van der Waals surface area contributed by atoms with Gasteiger partial charge in [-0.05, 0) is 48.0 Å². The third kappa shape index (κ3) is 10.4. The van der Waals surface area contributed by atoms with E-state index in [4.69, 9.17) is 42.3 Å². The Morgan fingerprint density at radius 1 is 0.609 bits per heavy atom. The third-order valence-corrected chi connectivity index (χ3v) is 11.0. The van der Waals surface area contributed by atoms with Crippen molar-refractivity contribution in [3.8, 4) is 40.1 Å². The molecule has 1 aromatic heterocycles. The zero-order chi connectivity index (χ0) is 50.2. The Labute approximate surface area is 385 Å². The molecule has 15 atom stereocenters. The number of aliphatic hydroxyl groups excluding tert-OH is 6. The molecule has 12 N–H and O–H groups in total. The number of methoxy groups -OCH3 is 1. The summed E-state index contributed by atoms with van der Waals surface area (Å²) >= 11 is 0. The van der Waals surface area contributed by atoms with Gasteiger partial charge in [-0.15, -0.1) is 0 Å². The normalized spacial score (nSPS) is 31.5. The van der Waals surface area contributed by atoms with Crippen LogP contribution in [0.15, 0.2) is 76.0 Å². The second-order valence-corrected chi connectivity index (χ2v) is 15.6. The van der Waals surface area contributed by atoms with E-state index in [-0.39, 0.29) is 39.7 Å². The predicted octanol–water partition coefficient (Wildman–Crippen LogP) is -2.05. The Morgan fingerprint density at radius 3 is 1.84 bits per heavy atom. The minimum atomic E-state index is -2.52. The number of fused-ring (bicyclic) bond motifs is 1. The molecule has 26 heteroatoms. The number of phenolic OH excluding ortho intramolecular Hbond substituents is 3. The van der Waals surface area contributed by atoms with Crippen LogP contribution in [0.25, 0.3) is 28.4 Å². The van der Waals surface area contributed by atoms with E-state index in [1.807, 2.05) is 0 Å². The summed E-state index contributed by atoms with van der Waals surface area (Å²) in [5.74, 6) is -8.85. The molecule has 3 saturated heterocycles. The van der Waals surface area contributed by atoms with Gasteiger partial charge < -0.3 is 104 Å². The molecule has 0 spiro atoms. The second-order valence-electron chi connectivity index (χ2n) is 15.6. The summed E-state index contributed by atoms with van der Waals surface area (Å²) in [6.07, 6.45) is -33.7. The highest BCUT2D eigenvalue weighted by molar-refractivity contribution is 5.88. The van der Waals surface area contributed by atoms with Gasteiger partial charge in [-0.3, -0.25) is 4.79 Å². The summed E-state index contributed by atoms with van der Waals surface area (Å²) < 4.78 is 50.3. The smallest absolute Gasteiger partial charge is 0.335 e. The Morgan fingerprint density at radius 2 is 1.20 bits per heavy atom. The van der Waals surface area contributed by atoms with Crippen molar-refractivity contribution in [1.29, 1.82) is 0 Å². The fourth-order valence-electron chi connectivity index (χ4n) is 7.52. The summed E-state index contributed by atoms with van der Waals surface area (Å²) in [4.78, 5) is 63.4. The van der Waals surface area contributed by atoms with Gasteiger partial charge in [0.2, 0.25) is 6.29 Å². The predicted molar refractivity (Wildman–Crippen MR) is 220 cm³/mol. The summed E-state index contributed by atoms with van der Waals surface area (Å²) in [6.45, 7) is 0. The van der Waals surface area contributed by atoms with Crippen molar-refractivity contribution in [3.05, 3.63) is 82.5 Å². The van der Waals surface area contributed by atoms with Crippen LogP contribution in [0.3, 0.4) is 0 Å². The molecule has 7 rings (SSSR count). The maximum atomic E-state index is 13.3. The molecule has 69 heavy (non-hydrogen) atoms. The zero-order valence-corrected chi connectivity index (χ0v) is 35.2. The van der Waals surface area contributed by atoms with Gasteiger partial charge in [0.15, 0.2) is 60.0 Å². The average Bonchev–Trinajstić information content (AvgIpc) is 3.29. The van der Waals surface area contributed by atoms with E-state index < -0.39 is 138 Å². The number of carboxylic acid groups (broad SMARTS) is 3. The Balaban J connectivity index is 1.31. The van der Waals surface area contributed by atoms with Crippen LogP contribution in [0.1, 0.15) is 5.56 Å². The summed E-state index contributed by atoms with van der Waals surface area (Å²) in [7, 11) is 1.26. The quantitative estimate of drug-likeness (QED) is 0.0478. The van der Waals surface area contributed by atoms with E-state index in [9.17, 15) is 85.3 Å². The number of aliphatic carboxylic acids is 3. The summed E-state index contributed by atoms with van der Waals surface area (Å²) in [5, 5.41) is 126. The fraction of sp³-hybridized carbons (Fsp3) is 0.372. The molecular formula is C43H42O26. The zero-order valence-electron chi connectivity index (χ0n) is 35.2. The Hall–Kier alpha value is -6.95. The van der Waals surface area contributed by atoms with E-state index in [0.29, 0.717) is 0 Å². The van der Waals surface area contributed by atoms with Gasteiger partial charge in [-0.25, -0.2) is 19.2 Å². The lowest BCUT2D eigenvalue weighted by molar-refractivity contribution is -0.377. The van der Waals surface area contributed by atoms with Crippen molar-refractivity contribution in [2.75, 3.05) is 7.11 Å². The third-order valence-electron chi connectivity index (χ3n) is 11.0. The molecule has 3 aromatic carbocycles. The van der Waals surface area contributed by atoms with Crippen LogP contribution in [0, 0.1) is 0 Å². The second kappa shape index (κ2) is 20.3. The SMILES string of the molecule is COc1cc(C=CC(=O)O[C@H]2[C@H](O[C@H]3[C@H](Oc4cc(O)c5c(=O)cc(-c6ccc(O)cc6)oc5c4)O[C@H](C(=O)O)[C@@H](O)[C@@H]3O[C@@H]3O[C@H](C(=O)O)[C@@H](O)[C@H](O)[C@H]3O)O[C@H](C(=O)O)[C@@H](O)[C@@H]2O)ccc1O. The molecule has 3 aliphatic heterocycles. The number of carboxylic acids is 3. The van der Waals surface area contributed by atoms with Crippen molar-refractivity contribution >= 4 is 40.9 Å². The molecule has 26 nitrogen and oxygen atoms in total. The van der Waals surface area contributed by atoms with Crippen LogP contribution in [0.5, 0.6) is 28.7 Å². The van der Waals surface area contributed by atoms with Crippen molar-refractivity contribution in [1.82, 2.24) is 0 Å². The van der Waals surface area contributed by atoms with Gasteiger partial charge in [0, 0.05) is 29.8 Å². The van der Waals surface area contributed by atoms with Gasteiger partial charge in [-0.2, -0.15) is 0 Å². The highest BCUT2D eigenvalue weighted by atomic mass is 16.8. The lowest BCUT2D eigenvalue weighted by Crippen LogP contribution is -2.68. The number of hydrogen-bond acceptors (Lipinski definition) is 23. The number of aromatic hydroxyl groups is 3. The first-order valence-corrected chi connectivity index (χ1v) is 20.2. The molecule has 370 valence electrons. The van der Waals surface area contributed by atoms with Crippen LogP contribution < -0.4 is 14.9 Å². The summed E-state index contributed by atoms with van der Waals surface area (Å²) in [6, 6.07) is 12.1. The number of rotatable bonds is 14. The largest absolute Gasteiger partial charge is 0.508 e. The minimum Gasteiger partial charge on any atom is -0.508 e. The van der Waals surface area contributed by atoms with E-state index in [1.54, 1.807) is 0 Å². The number of esters is 1. The first-order valence-electron chi connectivity index (χ1n) is 20.2. The number of carbonyl (C=O) groups is 4. The molecular weight excluding hydrogens is 932 g/mol. The number of ether oxygens (including phenoxy) is 8. The van der Waals surface area contributed by atoms with Crippen molar-refractivity contribution in [2.45, 2.75) is 92.1 Å². The van der Waals surface area contributed by atoms with Crippen LogP contribution in [-0.4, -0.2) is 184 Å². The first kappa shape index (κ1) is 49.9. The van der Waals surface area contributed by atoms with Crippen molar-refractivity contribution < 1.29 is 123 Å². The Kier molecular flexibility index (Phi) is 14.7. The fourth-order valence-corrected chi connectivity index (χ4v) is 7.52.